The predicted molar refractivity (Wildman–Crippen MR) is 130 cm³/mol. The standard InChI is InChI=1S/C23H20F3N3O4S2/c1-28-22(30)33-19-9-4-3-8-17(19)29-18(12-21(27)23(24,25)26)20-11-15(13-34-20)14-6-5-7-16(10-14)35(2,31)32/h3-13,27,29H,1-2H3,(H,28,30)/b18-12-,27-21?. The molecule has 3 aromatic rings. The van der Waals surface area contributed by atoms with Crippen molar-refractivity contribution in [1.82, 2.24) is 5.32 Å². The Bertz CT molecular complexity index is 1400. The fourth-order valence-electron chi connectivity index (χ4n) is 2.89. The molecule has 3 N–H and O–H groups in total. The fraction of sp³-hybridized carbons (Fsp3) is 0.130. The summed E-state index contributed by atoms with van der Waals surface area (Å²) in [4.78, 5) is 12.1. The Morgan fingerprint density at radius 3 is 2.46 bits per heavy atom. The third-order valence-electron chi connectivity index (χ3n) is 4.62. The second-order valence-corrected chi connectivity index (χ2v) is 10.2. The van der Waals surface area contributed by atoms with E-state index < -0.39 is 27.8 Å². The second-order valence-electron chi connectivity index (χ2n) is 7.23. The highest BCUT2D eigenvalue weighted by atomic mass is 32.2. The minimum atomic E-state index is -4.88. The molecule has 0 aliphatic carbocycles. The smallest absolute Gasteiger partial charge is 0.408 e. The molecule has 7 nitrogen and oxygen atoms in total. The van der Waals surface area contributed by atoms with Crippen LogP contribution in [-0.2, 0) is 9.84 Å². The summed E-state index contributed by atoms with van der Waals surface area (Å²) >= 11 is 1.10. The molecule has 0 saturated heterocycles. The van der Waals surface area contributed by atoms with Crippen LogP contribution in [0.15, 0.2) is 70.9 Å². The number of rotatable bonds is 7. The summed E-state index contributed by atoms with van der Waals surface area (Å²) in [5.74, 6) is 0.0638. The third kappa shape index (κ3) is 6.70. The Morgan fingerprint density at radius 1 is 1.09 bits per heavy atom. The number of alkyl halides is 3. The minimum Gasteiger partial charge on any atom is -0.408 e. The van der Waals surface area contributed by atoms with E-state index in [9.17, 15) is 26.4 Å². The van der Waals surface area contributed by atoms with Crippen molar-refractivity contribution >= 4 is 44.4 Å². The first kappa shape index (κ1) is 26.0. The van der Waals surface area contributed by atoms with Crippen molar-refractivity contribution in [3.8, 4) is 16.9 Å². The topological polar surface area (TPSA) is 108 Å². The van der Waals surface area contributed by atoms with Gasteiger partial charge in [0.15, 0.2) is 15.6 Å². The van der Waals surface area contributed by atoms with Crippen LogP contribution in [0.4, 0.5) is 23.7 Å². The van der Waals surface area contributed by atoms with Crippen molar-refractivity contribution in [2.45, 2.75) is 11.1 Å². The zero-order valence-corrected chi connectivity index (χ0v) is 20.1. The van der Waals surface area contributed by atoms with Gasteiger partial charge >= 0.3 is 12.3 Å². The molecule has 3 rings (SSSR count). The highest BCUT2D eigenvalue weighted by molar-refractivity contribution is 7.90. The van der Waals surface area contributed by atoms with E-state index in [2.05, 4.69) is 10.6 Å². The summed E-state index contributed by atoms with van der Waals surface area (Å²) in [6.45, 7) is 0. The molecule has 184 valence electrons. The van der Waals surface area contributed by atoms with Gasteiger partial charge in [-0.15, -0.1) is 11.3 Å². The molecule has 0 aliphatic rings. The zero-order chi connectivity index (χ0) is 25.8. The van der Waals surface area contributed by atoms with E-state index in [1.54, 1.807) is 35.7 Å². The molecule has 0 unspecified atom stereocenters. The summed E-state index contributed by atoms with van der Waals surface area (Å²) in [7, 11) is -2.09. The number of allylic oxidation sites excluding steroid dienone is 1. The Morgan fingerprint density at radius 2 is 1.80 bits per heavy atom. The first-order valence-electron chi connectivity index (χ1n) is 9.91. The van der Waals surface area contributed by atoms with Crippen LogP contribution in [0.25, 0.3) is 16.8 Å². The quantitative estimate of drug-likeness (QED) is 0.351. The van der Waals surface area contributed by atoms with Crippen molar-refractivity contribution < 1.29 is 31.1 Å². The normalized spacial score (nSPS) is 12.2. The monoisotopic (exact) mass is 523 g/mol. The number of sulfone groups is 1. The molecule has 0 aliphatic heterocycles. The number of ether oxygens (including phenoxy) is 1. The molecule has 1 amide bonds. The van der Waals surface area contributed by atoms with Gasteiger partial charge in [-0.3, -0.25) is 5.41 Å². The van der Waals surface area contributed by atoms with E-state index in [0.29, 0.717) is 22.1 Å². The van der Waals surface area contributed by atoms with E-state index in [-0.39, 0.29) is 22.0 Å². The first-order valence-corrected chi connectivity index (χ1v) is 12.7. The van der Waals surface area contributed by atoms with Crippen LogP contribution < -0.4 is 15.4 Å². The molecular formula is C23H20F3N3O4S2. The average molecular weight is 524 g/mol. The Balaban J connectivity index is 2.04. The number of hydrogen-bond donors (Lipinski definition) is 3. The Kier molecular flexibility index (Phi) is 7.66. The van der Waals surface area contributed by atoms with Crippen LogP contribution in [0, 0.1) is 5.41 Å². The van der Waals surface area contributed by atoms with Crippen LogP contribution in [0.1, 0.15) is 4.88 Å². The van der Waals surface area contributed by atoms with Gasteiger partial charge in [0.1, 0.15) is 5.71 Å². The summed E-state index contributed by atoms with van der Waals surface area (Å²) in [6, 6.07) is 13.9. The molecule has 1 heterocycles. The number of hydrogen-bond acceptors (Lipinski definition) is 7. The first-order chi connectivity index (χ1) is 16.4. The van der Waals surface area contributed by atoms with Gasteiger partial charge in [0.2, 0.25) is 0 Å². The number of benzene rings is 2. The molecule has 0 saturated carbocycles. The average Bonchev–Trinajstić information content (AvgIpc) is 3.29. The lowest BCUT2D eigenvalue weighted by atomic mass is 10.1. The van der Waals surface area contributed by atoms with Crippen LogP contribution in [0.2, 0.25) is 0 Å². The minimum absolute atomic E-state index is 0.0594. The van der Waals surface area contributed by atoms with E-state index in [1.807, 2.05) is 0 Å². The third-order valence-corrected chi connectivity index (χ3v) is 6.69. The number of halogens is 3. The maximum Gasteiger partial charge on any atom is 0.432 e. The Labute approximate surface area is 203 Å². The molecule has 0 atom stereocenters. The van der Waals surface area contributed by atoms with Crippen molar-refractivity contribution in [1.29, 1.82) is 5.41 Å². The number of anilines is 1. The zero-order valence-electron chi connectivity index (χ0n) is 18.4. The predicted octanol–water partition coefficient (Wildman–Crippen LogP) is 5.57. The van der Waals surface area contributed by atoms with Crippen LogP contribution >= 0.6 is 11.3 Å². The van der Waals surface area contributed by atoms with Gasteiger partial charge in [-0.1, -0.05) is 24.3 Å². The lowest BCUT2D eigenvalue weighted by Crippen LogP contribution is -2.22. The fourth-order valence-corrected chi connectivity index (χ4v) is 4.44. The highest BCUT2D eigenvalue weighted by Crippen LogP contribution is 2.34. The molecule has 12 heteroatoms. The van der Waals surface area contributed by atoms with Crippen molar-refractivity contribution in [3.05, 3.63) is 70.9 Å². The van der Waals surface area contributed by atoms with Gasteiger partial charge < -0.3 is 15.4 Å². The largest absolute Gasteiger partial charge is 0.432 e. The summed E-state index contributed by atoms with van der Waals surface area (Å²) in [5, 5.41) is 14.2. The van der Waals surface area contributed by atoms with E-state index in [0.717, 1.165) is 17.6 Å². The van der Waals surface area contributed by atoms with E-state index in [4.69, 9.17) is 10.1 Å². The molecule has 2 aromatic carbocycles. The van der Waals surface area contributed by atoms with Gasteiger partial charge in [-0.2, -0.15) is 13.2 Å². The molecular weight excluding hydrogens is 503 g/mol. The molecule has 0 bridgehead atoms. The summed E-state index contributed by atoms with van der Waals surface area (Å²) in [5.41, 5.74) is -0.304. The summed E-state index contributed by atoms with van der Waals surface area (Å²) < 4.78 is 68.4. The van der Waals surface area contributed by atoms with Crippen LogP contribution in [0.3, 0.4) is 0 Å². The van der Waals surface area contributed by atoms with Gasteiger partial charge in [0, 0.05) is 13.3 Å². The van der Waals surface area contributed by atoms with Gasteiger partial charge in [-0.25, -0.2) is 13.2 Å². The number of carbonyl (C=O) groups is 1. The molecule has 35 heavy (non-hydrogen) atoms. The SMILES string of the molecule is CNC(=O)Oc1ccccc1N/C(=C\C(=N)C(F)(F)F)c1cc(-c2cccc(S(C)(=O)=O)c2)cs1. The van der Waals surface area contributed by atoms with Gasteiger partial charge in [0.25, 0.3) is 0 Å². The van der Waals surface area contributed by atoms with Crippen molar-refractivity contribution in [2.75, 3.05) is 18.6 Å². The number of thiophene rings is 1. The van der Waals surface area contributed by atoms with E-state index in [1.165, 1.54) is 31.3 Å². The van der Waals surface area contributed by atoms with Crippen molar-refractivity contribution in [3.63, 3.8) is 0 Å². The number of carbonyl (C=O) groups excluding carboxylic acids is 1. The summed E-state index contributed by atoms with van der Waals surface area (Å²) in [6.07, 6.45) is -3.93. The number of para-hydroxylation sites is 2. The number of amides is 1. The number of nitrogens with one attached hydrogen (secondary N) is 3. The van der Waals surface area contributed by atoms with E-state index >= 15 is 0 Å². The Hall–Kier alpha value is -3.64. The maximum absolute atomic E-state index is 13.2. The molecule has 1 aromatic heterocycles. The lowest BCUT2D eigenvalue weighted by molar-refractivity contribution is -0.0583. The molecule has 0 spiro atoms. The van der Waals surface area contributed by atoms with Crippen LogP contribution in [-0.4, -0.2) is 39.7 Å². The molecule has 0 fully saturated rings. The second kappa shape index (κ2) is 10.3. The van der Waals surface area contributed by atoms with Gasteiger partial charge in [0.05, 0.1) is 21.2 Å². The molecule has 0 radical (unpaired) electrons. The maximum atomic E-state index is 13.2. The lowest BCUT2D eigenvalue weighted by Gasteiger charge is -2.15. The van der Waals surface area contributed by atoms with Gasteiger partial charge in [-0.05, 0) is 52.9 Å². The van der Waals surface area contributed by atoms with Crippen molar-refractivity contribution in [2.24, 2.45) is 0 Å². The highest BCUT2D eigenvalue weighted by Gasteiger charge is 2.33. The van der Waals surface area contributed by atoms with Crippen LogP contribution in [0.5, 0.6) is 5.75 Å².